The van der Waals surface area contributed by atoms with Crippen LogP contribution in [0.3, 0.4) is 0 Å². The minimum atomic E-state index is 0.229. The van der Waals surface area contributed by atoms with E-state index in [9.17, 15) is 4.79 Å². The molecule has 0 heterocycles. The highest BCUT2D eigenvalue weighted by Crippen LogP contribution is 2.09. The van der Waals surface area contributed by atoms with Gasteiger partial charge in [-0.25, -0.2) is 5.01 Å². The van der Waals surface area contributed by atoms with Crippen LogP contribution in [0.5, 0.6) is 0 Å². The Hall–Kier alpha value is -0.610. The normalized spacial score (nSPS) is 11.3. The van der Waals surface area contributed by atoms with Gasteiger partial charge in [0.15, 0.2) is 0 Å². The van der Waals surface area contributed by atoms with Gasteiger partial charge in [-0.05, 0) is 33.2 Å². The van der Waals surface area contributed by atoms with Crippen LogP contribution < -0.4 is 5.32 Å². The summed E-state index contributed by atoms with van der Waals surface area (Å²) in [5, 5.41) is 7.37. The highest BCUT2D eigenvalue weighted by Gasteiger charge is 2.22. The molecule has 1 amide bonds. The van der Waals surface area contributed by atoms with Gasteiger partial charge in [0.2, 0.25) is 5.91 Å². The van der Waals surface area contributed by atoms with E-state index >= 15 is 0 Å². The second kappa shape index (κ2) is 10.3. The number of hydrogen-bond acceptors (Lipinski definition) is 3. The van der Waals surface area contributed by atoms with E-state index in [2.05, 4.69) is 44.9 Å². The fraction of sp³-hybridized carbons (Fsp3) is 0.929. The summed E-state index contributed by atoms with van der Waals surface area (Å²) in [4.78, 5) is 12.3. The standard InChI is InChI=1S/C14H31N3O/c1-6-11-16(12-7-2)17(13(4)5)14(18)9-10-15-8-3/h13,15H,6-12H2,1-5H3. The molecule has 0 unspecified atom stereocenters. The molecule has 0 bridgehead atoms. The monoisotopic (exact) mass is 257 g/mol. The Balaban J connectivity index is 4.53. The lowest BCUT2D eigenvalue weighted by molar-refractivity contribution is -0.154. The summed E-state index contributed by atoms with van der Waals surface area (Å²) in [7, 11) is 0. The maximum Gasteiger partial charge on any atom is 0.238 e. The molecule has 0 aromatic carbocycles. The van der Waals surface area contributed by atoms with Crippen LogP contribution in [0.2, 0.25) is 0 Å². The summed E-state index contributed by atoms with van der Waals surface area (Å²) >= 11 is 0. The molecule has 0 radical (unpaired) electrons. The third-order valence-corrected chi connectivity index (χ3v) is 2.78. The van der Waals surface area contributed by atoms with Crippen LogP contribution in [-0.2, 0) is 4.79 Å². The molecule has 0 aliphatic carbocycles. The number of nitrogens with one attached hydrogen (secondary N) is 1. The molecule has 0 rings (SSSR count). The van der Waals surface area contributed by atoms with Gasteiger partial charge in [0.25, 0.3) is 0 Å². The third kappa shape index (κ3) is 6.36. The fourth-order valence-corrected chi connectivity index (χ4v) is 2.10. The SMILES string of the molecule is CCCN(CCC)N(C(=O)CCNCC)C(C)C. The van der Waals surface area contributed by atoms with E-state index in [0.717, 1.165) is 39.0 Å². The molecule has 0 atom stereocenters. The van der Waals surface area contributed by atoms with Crippen LogP contribution in [0.15, 0.2) is 0 Å². The predicted octanol–water partition coefficient (Wildman–Crippen LogP) is 2.26. The molecule has 4 heteroatoms. The molecule has 0 saturated carbocycles. The Morgan fingerprint density at radius 1 is 1.11 bits per heavy atom. The van der Waals surface area contributed by atoms with E-state index in [4.69, 9.17) is 0 Å². The van der Waals surface area contributed by atoms with Crippen molar-refractivity contribution >= 4 is 5.91 Å². The smallest absolute Gasteiger partial charge is 0.238 e. The lowest BCUT2D eigenvalue weighted by Gasteiger charge is -2.38. The second-order valence-electron chi connectivity index (χ2n) is 4.89. The van der Waals surface area contributed by atoms with E-state index in [-0.39, 0.29) is 11.9 Å². The Kier molecular flexibility index (Phi) is 9.98. The molecule has 0 aromatic rings. The number of carbonyl (C=O) groups is 1. The number of hydrogen-bond donors (Lipinski definition) is 1. The molecular formula is C14H31N3O. The van der Waals surface area contributed by atoms with Crippen molar-refractivity contribution in [2.24, 2.45) is 0 Å². The van der Waals surface area contributed by atoms with Gasteiger partial charge < -0.3 is 5.32 Å². The zero-order valence-electron chi connectivity index (χ0n) is 12.8. The number of carbonyl (C=O) groups excluding carboxylic acids is 1. The lowest BCUT2D eigenvalue weighted by Crippen LogP contribution is -2.51. The van der Waals surface area contributed by atoms with Crippen LogP contribution in [0.1, 0.15) is 53.9 Å². The quantitative estimate of drug-likeness (QED) is 0.482. The fourth-order valence-electron chi connectivity index (χ4n) is 2.10. The first-order chi connectivity index (χ1) is 8.58. The van der Waals surface area contributed by atoms with E-state index < -0.39 is 0 Å². The molecule has 0 aliphatic rings. The van der Waals surface area contributed by atoms with Gasteiger partial charge in [0.05, 0.1) is 0 Å². The zero-order valence-corrected chi connectivity index (χ0v) is 12.8. The summed E-state index contributed by atoms with van der Waals surface area (Å²) in [5.41, 5.74) is 0. The molecule has 18 heavy (non-hydrogen) atoms. The second-order valence-corrected chi connectivity index (χ2v) is 4.89. The molecule has 4 nitrogen and oxygen atoms in total. The van der Waals surface area contributed by atoms with Crippen LogP contribution in [0, 0.1) is 0 Å². The molecular weight excluding hydrogens is 226 g/mol. The van der Waals surface area contributed by atoms with Crippen LogP contribution in [-0.4, -0.2) is 48.1 Å². The van der Waals surface area contributed by atoms with Crippen molar-refractivity contribution in [1.29, 1.82) is 0 Å². The van der Waals surface area contributed by atoms with E-state index in [1.165, 1.54) is 0 Å². The molecule has 0 fully saturated rings. The molecule has 1 N–H and O–H groups in total. The van der Waals surface area contributed by atoms with Gasteiger partial charge in [0, 0.05) is 32.1 Å². The van der Waals surface area contributed by atoms with Crippen molar-refractivity contribution in [3.8, 4) is 0 Å². The van der Waals surface area contributed by atoms with E-state index in [1.54, 1.807) is 0 Å². The summed E-state index contributed by atoms with van der Waals surface area (Å²) in [5.74, 6) is 0.229. The van der Waals surface area contributed by atoms with Crippen LogP contribution in [0.4, 0.5) is 0 Å². The Bertz CT molecular complexity index is 213. The van der Waals surface area contributed by atoms with E-state index in [1.807, 2.05) is 5.01 Å². The van der Waals surface area contributed by atoms with Gasteiger partial charge in [-0.2, -0.15) is 0 Å². The first-order valence-electron chi connectivity index (χ1n) is 7.36. The van der Waals surface area contributed by atoms with Crippen molar-refractivity contribution in [2.75, 3.05) is 26.2 Å². The van der Waals surface area contributed by atoms with Gasteiger partial charge in [-0.1, -0.05) is 20.8 Å². The third-order valence-electron chi connectivity index (χ3n) is 2.78. The van der Waals surface area contributed by atoms with Gasteiger partial charge in [-0.15, -0.1) is 0 Å². The number of nitrogens with zero attached hydrogens (tertiary/aromatic N) is 2. The van der Waals surface area contributed by atoms with E-state index in [0.29, 0.717) is 6.42 Å². The predicted molar refractivity (Wildman–Crippen MR) is 77.3 cm³/mol. The largest absolute Gasteiger partial charge is 0.316 e. The van der Waals surface area contributed by atoms with Gasteiger partial charge in [0.1, 0.15) is 0 Å². The van der Waals surface area contributed by atoms with Crippen LogP contribution in [0.25, 0.3) is 0 Å². The number of amides is 1. The maximum absolute atomic E-state index is 12.3. The number of rotatable bonds is 10. The molecule has 0 spiro atoms. The first kappa shape index (κ1) is 17.4. The zero-order chi connectivity index (χ0) is 14.0. The first-order valence-corrected chi connectivity index (χ1v) is 7.36. The minimum Gasteiger partial charge on any atom is -0.316 e. The number of hydrazine groups is 1. The average Bonchev–Trinajstić information content (AvgIpc) is 2.29. The molecule has 0 aliphatic heterocycles. The molecule has 0 aromatic heterocycles. The summed E-state index contributed by atoms with van der Waals surface area (Å²) < 4.78 is 0. The van der Waals surface area contributed by atoms with Crippen molar-refractivity contribution in [2.45, 2.75) is 59.9 Å². The minimum absolute atomic E-state index is 0.229. The average molecular weight is 257 g/mol. The highest BCUT2D eigenvalue weighted by atomic mass is 16.2. The van der Waals surface area contributed by atoms with Crippen molar-refractivity contribution in [3.63, 3.8) is 0 Å². The molecule has 0 saturated heterocycles. The Labute approximate surface area is 113 Å². The summed E-state index contributed by atoms with van der Waals surface area (Å²) in [6.07, 6.45) is 2.73. The van der Waals surface area contributed by atoms with Crippen LogP contribution >= 0.6 is 0 Å². The topological polar surface area (TPSA) is 35.6 Å². The van der Waals surface area contributed by atoms with Gasteiger partial charge >= 0.3 is 0 Å². The highest BCUT2D eigenvalue weighted by molar-refractivity contribution is 5.76. The summed E-state index contributed by atoms with van der Waals surface area (Å²) in [6.45, 7) is 14.2. The Morgan fingerprint density at radius 3 is 2.06 bits per heavy atom. The van der Waals surface area contributed by atoms with Crippen molar-refractivity contribution in [3.05, 3.63) is 0 Å². The summed E-state index contributed by atoms with van der Waals surface area (Å²) in [6, 6.07) is 0.234. The van der Waals surface area contributed by atoms with Gasteiger partial charge in [-0.3, -0.25) is 9.80 Å². The molecule has 108 valence electrons. The lowest BCUT2D eigenvalue weighted by atomic mass is 10.3. The Morgan fingerprint density at radius 2 is 1.67 bits per heavy atom. The maximum atomic E-state index is 12.3. The van der Waals surface area contributed by atoms with Crippen molar-refractivity contribution in [1.82, 2.24) is 15.3 Å². The van der Waals surface area contributed by atoms with Crippen molar-refractivity contribution < 1.29 is 4.79 Å².